The molecule has 96 valence electrons. The Hall–Kier alpha value is 1.10. The predicted octanol–water partition coefficient (Wildman–Crippen LogP) is -0.748. The Balaban J connectivity index is 2.72. The fraction of sp³-hybridized carbons (Fsp3) is 1.00. The third kappa shape index (κ3) is 4.09. The van der Waals surface area contributed by atoms with Crippen LogP contribution in [0.4, 0.5) is 0 Å². The molecule has 1 rings (SSSR count). The van der Waals surface area contributed by atoms with Crippen LogP contribution in [0, 0.1) is 0 Å². The third-order valence-corrected chi connectivity index (χ3v) is 3.42. The van der Waals surface area contributed by atoms with E-state index in [1.165, 1.54) is 7.11 Å². The van der Waals surface area contributed by atoms with Crippen LogP contribution in [-0.2, 0) is 25.8 Å². The summed E-state index contributed by atoms with van der Waals surface area (Å²) >= 11 is 6.17. The highest BCUT2D eigenvalue weighted by molar-refractivity contribution is 14.1. The van der Waals surface area contributed by atoms with Gasteiger partial charge in [0, 0.05) is 30.0 Å². The van der Waals surface area contributed by atoms with Crippen LogP contribution >= 0.6 is 29.6 Å². The monoisotopic (exact) mass is 385 g/mol. The number of aliphatic hydroxyl groups is 1. The van der Waals surface area contributed by atoms with Crippen LogP contribution < -0.4 is 3.53 Å². The lowest BCUT2D eigenvalue weighted by Crippen LogP contribution is -2.38. The number of ether oxygens (including phenoxy) is 2. The topological polar surface area (TPSA) is 100 Å². The van der Waals surface area contributed by atoms with Crippen molar-refractivity contribution < 1.29 is 28.9 Å². The molecule has 10 heteroatoms. The van der Waals surface area contributed by atoms with Crippen molar-refractivity contribution in [1.29, 1.82) is 0 Å². The van der Waals surface area contributed by atoms with Gasteiger partial charge < -0.3 is 24.4 Å². The minimum absolute atomic E-state index is 0.159. The minimum atomic E-state index is -3.84. The van der Waals surface area contributed by atoms with E-state index in [0.717, 1.165) is 0 Å². The molecule has 1 aliphatic heterocycles. The molecule has 1 saturated heterocycles. The minimum Gasteiger partial charge on any atom is -0.386 e. The summed E-state index contributed by atoms with van der Waals surface area (Å²) in [5.74, 6) is 0. The number of rotatable bonds is 5. The molecule has 0 spiro atoms. The number of aliphatic hydroxyl groups excluding tert-OH is 1. The lowest BCUT2D eigenvalue weighted by atomic mass is 10.1. The maximum absolute atomic E-state index is 9.79. The highest BCUT2D eigenvalue weighted by Crippen LogP contribution is 2.42. The third-order valence-electron chi connectivity index (χ3n) is 2.03. The molecule has 4 N–H and O–H groups in total. The normalized spacial score (nSPS) is 35.6. The van der Waals surface area contributed by atoms with Gasteiger partial charge in [-0.2, -0.15) is 0 Å². The average molecular weight is 385 g/mol. The van der Waals surface area contributed by atoms with Gasteiger partial charge in [0.1, 0.15) is 24.5 Å². The van der Waals surface area contributed by atoms with Gasteiger partial charge in [-0.1, -0.05) is 0 Å². The van der Waals surface area contributed by atoms with Crippen molar-refractivity contribution in [3.63, 3.8) is 0 Å². The highest BCUT2D eigenvalue weighted by Gasteiger charge is 2.46. The van der Waals surface area contributed by atoms with Crippen LogP contribution in [0.3, 0.4) is 0 Å². The van der Waals surface area contributed by atoms with Gasteiger partial charge in [-0.25, -0.2) is 3.53 Å². The lowest BCUT2D eigenvalue weighted by molar-refractivity contribution is -0.0309. The fourth-order valence-electron chi connectivity index (χ4n) is 1.42. The van der Waals surface area contributed by atoms with E-state index in [1.54, 1.807) is 0 Å². The van der Waals surface area contributed by atoms with Crippen molar-refractivity contribution in [3.8, 4) is 0 Å². The number of halogens is 1. The Morgan fingerprint density at radius 2 is 2.19 bits per heavy atom. The Morgan fingerprint density at radius 1 is 1.56 bits per heavy atom. The molecule has 2 unspecified atom stereocenters. The van der Waals surface area contributed by atoms with E-state index >= 15 is 0 Å². The molecule has 4 atom stereocenters. The van der Waals surface area contributed by atoms with Gasteiger partial charge in [-0.05, 0) is 11.8 Å². The van der Waals surface area contributed by atoms with E-state index in [0.29, 0.717) is 0 Å². The Labute approximate surface area is 112 Å². The molecule has 1 aliphatic rings. The zero-order valence-electron chi connectivity index (χ0n) is 8.32. The second kappa shape index (κ2) is 6.32. The maximum Gasteiger partial charge on any atom is 0.322 e. The summed E-state index contributed by atoms with van der Waals surface area (Å²) in [5.41, 5.74) is 0. The van der Waals surface area contributed by atoms with Gasteiger partial charge in [-0.3, -0.25) is 4.52 Å². The van der Waals surface area contributed by atoms with E-state index in [2.05, 4.69) is 15.3 Å². The van der Waals surface area contributed by atoms with E-state index in [9.17, 15) is 5.11 Å². The van der Waals surface area contributed by atoms with Crippen LogP contribution in [0.25, 0.3) is 0 Å². The first-order valence-corrected chi connectivity index (χ1v) is 8.02. The average Bonchev–Trinajstić information content (AvgIpc) is 2.44. The molecule has 0 amide bonds. The molecular weight excluding hydrogens is 372 g/mol. The van der Waals surface area contributed by atoms with Crippen molar-refractivity contribution in [2.75, 3.05) is 13.7 Å². The predicted molar refractivity (Wildman–Crippen MR) is 67.3 cm³/mol. The Bertz CT molecular complexity index is 278. The van der Waals surface area contributed by atoms with Crippen LogP contribution in [-0.4, -0.2) is 53.1 Å². The molecule has 0 aromatic carbocycles. The van der Waals surface area contributed by atoms with E-state index in [4.69, 9.17) is 23.8 Å². The zero-order chi connectivity index (χ0) is 12.3. The largest absolute Gasteiger partial charge is 0.386 e. The molecule has 0 bridgehead atoms. The summed E-state index contributed by atoms with van der Waals surface area (Å²) < 4.78 is 17.8. The van der Waals surface area contributed by atoms with Gasteiger partial charge in [0.15, 0.2) is 0 Å². The van der Waals surface area contributed by atoms with Crippen LogP contribution in [0.5, 0.6) is 0 Å². The molecule has 0 aromatic rings. The summed E-state index contributed by atoms with van der Waals surface area (Å²) in [4.78, 5) is 18.1. The molecular formula is C6H13INO6PS. The summed E-state index contributed by atoms with van der Waals surface area (Å²) in [7, 11) is 1.46. The Kier molecular flexibility index (Phi) is 5.99. The van der Waals surface area contributed by atoms with Crippen molar-refractivity contribution in [1.82, 2.24) is 3.53 Å². The van der Waals surface area contributed by atoms with Crippen LogP contribution in [0.15, 0.2) is 0 Å². The molecule has 16 heavy (non-hydrogen) atoms. The van der Waals surface area contributed by atoms with Gasteiger partial charge in [0.25, 0.3) is 0 Å². The first-order chi connectivity index (χ1) is 7.39. The van der Waals surface area contributed by atoms with E-state index in [1.807, 2.05) is 22.9 Å². The van der Waals surface area contributed by atoms with Gasteiger partial charge in [0.2, 0.25) is 0 Å². The van der Waals surface area contributed by atoms with Crippen LogP contribution in [0.2, 0.25) is 0 Å². The Morgan fingerprint density at radius 3 is 2.62 bits per heavy atom. The van der Waals surface area contributed by atoms with Gasteiger partial charge in [-0.15, -0.1) is 0 Å². The summed E-state index contributed by atoms with van der Waals surface area (Å²) in [6, 6.07) is 0. The van der Waals surface area contributed by atoms with E-state index in [-0.39, 0.29) is 6.61 Å². The zero-order valence-corrected chi connectivity index (χ0v) is 12.2. The fourth-order valence-corrected chi connectivity index (χ4v) is 2.81. The van der Waals surface area contributed by atoms with Gasteiger partial charge >= 0.3 is 6.72 Å². The lowest BCUT2D eigenvalue weighted by Gasteiger charge is -2.21. The van der Waals surface area contributed by atoms with Crippen LogP contribution in [0.1, 0.15) is 0 Å². The van der Waals surface area contributed by atoms with Crippen molar-refractivity contribution >= 4 is 41.4 Å². The summed E-state index contributed by atoms with van der Waals surface area (Å²) in [6.07, 6.45) is -3.23. The van der Waals surface area contributed by atoms with Crippen molar-refractivity contribution in [2.24, 2.45) is 0 Å². The quantitative estimate of drug-likeness (QED) is 0.279. The number of hydrogen-bond acceptors (Lipinski definition) is 6. The first-order valence-electron chi connectivity index (χ1n) is 4.31. The maximum atomic E-state index is 9.79. The second-order valence-corrected chi connectivity index (χ2v) is 6.45. The second-order valence-electron chi connectivity index (χ2n) is 3.21. The molecule has 1 fully saturated rings. The number of nitrogens with one attached hydrogen (secondary N) is 1. The van der Waals surface area contributed by atoms with Gasteiger partial charge in [0.05, 0.1) is 6.61 Å². The van der Waals surface area contributed by atoms with Crippen molar-refractivity contribution in [3.05, 3.63) is 0 Å². The molecule has 7 nitrogen and oxygen atoms in total. The molecule has 0 aromatic heterocycles. The van der Waals surface area contributed by atoms with Crippen molar-refractivity contribution in [2.45, 2.75) is 24.5 Å². The standard InChI is InChI=1S/C6H13INO6PS/c1-12-2-3-5(14-15(10,11)16)4(9)6(8-7)13-3/h3-6,8-9H,2H2,1H3,(H2,10,11,16)/t3-,4?,5?,6-/m1/s1. The summed E-state index contributed by atoms with van der Waals surface area (Å²) in [5, 5.41) is 9.79. The smallest absolute Gasteiger partial charge is 0.322 e. The highest BCUT2D eigenvalue weighted by atomic mass is 127. The molecule has 0 saturated carbocycles. The summed E-state index contributed by atoms with van der Waals surface area (Å²) in [6.45, 7) is -3.68. The number of hydrogen-bond donors (Lipinski definition) is 4. The number of methoxy groups -OCH3 is 1. The van der Waals surface area contributed by atoms with E-state index < -0.39 is 31.3 Å². The molecule has 1 heterocycles. The molecule has 0 radical (unpaired) electrons. The first kappa shape index (κ1) is 15.2. The SMILES string of the molecule is COC[C@H]1O[C@@H](NI)C(O)C1OP(O)(O)=S. The molecule has 0 aliphatic carbocycles.